The van der Waals surface area contributed by atoms with E-state index < -0.39 is 0 Å². The first-order chi connectivity index (χ1) is 9.25. The van der Waals surface area contributed by atoms with Crippen LogP contribution in [0.15, 0.2) is 23.8 Å². The van der Waals surface area contributed by atoms with Crippen molar-refractivity contribution in [1.82, 2.24) is 9.55 Å². The highest BCUT2D eigenvalue weighted by atomic mass is 32.1. The summed E-state index contributed by atoms with van der Waals surface area (Å²) in [6.45, 7) is 0. The number of hydrogen-bond acceptors (Lipinski definition) is 3. The molecule has 3 nitrogen and oxygen atoms in total. The lowest BCUT2D eigenvalue weighted by Gasteiger charge is -2.28. The van der Waals surface area contributed by atoms with Crippen LogP contribution in [-0.4, -0.2) is 15.6 Å². The molecule has 102 valence electrons. The van der Waals surface area contributed by atoms with E-state index in [4.69, 9.17) is 5.73 Å². The van der Waals surface area contributed by atoms with Gasteiger partial charge in [0.1, 0.15) is 5.82 Å². The van der Waals surface area contributed by atoms with Crippen molar-refractivity contribution in [2.75, 3.05) is 0 Å². The van der Waals surface area contributed by atoms with Crippen molar-refractivity contribution in [3.63, 3.8) is 0 Å². The quantitative estimate of drug-likeness (QED) is 0.932. The SMILES string of the molecule is Cn1ccnc1CCC(N)C1CCCc2sccc21. The fourth-order valence-corrected chi connectivity index (χ4v) is 4.10. The molecule has 0 radical (unpaired) electrons. The van der Waals surface area contributed by atoms with Gasteiger partial charge in [-0.25, -0.2) is 4.98 Å². The third kappa shape index (κ3) is 2.60. The minimum absolute atomic E-state index is 0.255. The molecule has 1 aliphatic carbocycles. The predicted molar refractivity (Wildman–Crippen MR) is 79.5 cm³/mol. The van der Waals surface area contributed by atoms with Crippen LogP contribution in [0.2, 0.25) is 0 Å². The molecule has 0 aliphatic heterocycles. The molecular formula is C15H21N3S. The summed E-state index contributed by atoms with van der Waals surface area (Å²) in [5.74, 6) is 1.69. The van der Waals surface area contributed by atoms with Crippen LogP contribution in [0.25, 0.3) is 0 Å². The van der Waals surface area contributed by atoms with Crippen LogP contribution >= 0.6 is 11.3 Å². The van der Waals surface area contributed by atoms with Gasteiger partial charge < -0.3 is 10.3 Å². The largest absolute Gasteiger partial charge is 0.338 e. The summed E-state index contributed by atoms with van der Waals surface area (Å²) in [6, 6.07) is 2.54. The van der Waals surface area contributed by atoms with Gasteiger partial charge in [0.05, 0.1) is 0 Å². The second kappa shape index (κ2) is 5.47. The minimum atomic E-state index is 0.255. The molecule has 0 amide bonds. The zero-order valence-electron chi connectivity index (χ0n) is 11.4. The van der Waals surface area contributed by atoms with Crippen LogP contribution in [0.4, 0.5) is 0 Å². The number of aryl methyl sites for hydroxylation is 3. The number of nitrogens with zero attached hydrogens (tertiary/aromatic N) is 2. The summed E-state index contributed by atoms with van der Waals surface area (Å²) < 4.78 is 2.09. The maximum absolute atomic E-state index is 6.46. The predicted octanol–water partition coefficient (Wildman–Crippen LogP) is 2.86. The fourth-order valence-electron chi connectivity index (χ4n) is 3.10. The summed E-state index contributed by atoms with van der Waals surface area (Å²) >= 11 is 1.89. The van der Waals surface area contributed by atoms with Gasteiger partial charge in [-0.3, -0.25) is 0 Å². The van der Waals surface area contributed by atoms with E-state index in [1.807, 2.05) is 30.8 Å². The first-order valence-corrected chi connectivity index (χ1v) is 7.91. The Labute approximate surface area is 118 Å². The van der Waals surface area contributed by atoms with E-state index in [2.05, 4.69) is 21.0 Å². The van der Waals surface area contributed by atoms with E-state index in [0.717, 1.165) is 18.7 Å². The van der Waals surface area contributed by atoms with E-state index in [9.17, 15) is 0 Å². The fraction of sp³-hybridized carbons (Fsp3) is 0.533. The van der Waals surface area contributed by atoms with E-state index >= 15 is 0 Å². The number of imidazole rings is 1. The molecule has 0 spiro atoms. The van der Waals surface area contributed by atoms with Crippen LogP contribution in [0, 0.1) is 0 Å². The first-order valence-electron chi connectivity index (χ1n) is 7.03. The smallest absolute Gasteiger partial charge is 0.108 e. The van der Waals surface area contributed by atoms with Crippen LogP contribution < -0.4 is 5.73 Å². The Morgan fingerprint density at radius 3 is 3.26 bits per heavy atom. The summed E-state index contributed by atoms with van der Waals surface area (Å²) in [5, 5.41) is 2.22. The van der Waals surface area contributed by atoms with Crippen molar-refractivity contribution in [2.45, 2.75) is 44.1 Å². The highest BCUT2D eigenvalue weighted by Crippen LogP contribution is 2.37. The monoisotopic (exact) mass is 275 g/mol. The molecule has 1 aliphatic rings. The Hall–Kier alpha value is -1.13. The standard InChI is InChI=1S/C15H21N3S/c1-18-9-8-17-15(18)6-5-13(16)11-3-2-4-14-12(11)7-10-19-14/h7-11,13H,2-6,16H2,1H3. The molecular weight excluding hydrogens is 254 g/mol. The van der Waals surface area contributed by atoms with Gasteiger partial charge in [0.15, 0.2) is 0 Å². The number of fused-ring (bicyclic) bond motifs is 1. The number of nitrogens with two attached hydrogens (primary N) is 1. The molecule has 2 atom stereocenters. The number of hydrogen-bond donors (Lipinski definition) is 1. The third-order valence-electron chi connectivity index (χ3n) is 4.24. The Balaban J connectivity index is 1.66. The Morgan fingerprint density at radius 2 is 2.47 bits per heavy atom. The Kier molecular flexibility index (Phi) is 3.71. The maximum Gasteiger partial charge on any atom is 0.108 e. The topological polar surface area (TPSA) is 43.8 Å². The molecule has 3 rings (SSSR count). The van der Waals surface area contributed by atoms with Gasteiger partial charge in [0.2, 0.25) is 0 Å². The van der Waals surface area contributed by atoms with Crippen molar-refractivity contribution in [2.24, 2.45) is 12.8 Å². The average molecular weight is 275 g/mol. The van der Waals surface area contributed by atoms with Gasteiger partial charge in [0.25, 0.3) is 0 Å². The summed E-state index contributed by atoms with van der Waals surface area (Å²) in [6.07, 6.45) is 9.62. The molecule has 2 unspecified atom stereocenters. The number of aromatic nitrogens is 2. The molecule has 4 heteroatoms. The van der Waals surface area contributed by atoms with Crippen molar-refractivity contribution < 1.29 is 0 Å². The van der Waals surface area contributed by atoms with Gasteiger partial charge in [0, 0.05) is 42.7 Å². The highest BCUT2D eigenvalue weighted by molar-refractivity contribution is 7.10. The Bertz CT molecular complexity index is 543. The number of thiophene rings is 1. The average Bonchev–Trinajstić information content (AvgIpc) is 3.04. The molecule has 0 aromatic carbocycles. The van der Waals surface area contributed by atoms with Crippen molar-refractivity contribution >= 4 is 11.3 Å². The minimum Gasteiger partial charge on any atom is -0.338 e. The lowest BCUT2D eigenvalue weighted by atomic mass is 9.81. The summed E-state index contributed by atoms with van der Waals surface area (Å²) in [4.78, 5) is 5.94. The van der Waals surface area contributed by atoms with Crippen LogP contribution in [0.5, 0.6) is 0 Å². The molecule has 2 N–H and O–H groups in total. The molecule has 0 bridgehead atoms. The van der Waals surface area contributed by atoms with Gasteiger partial charge in [-0.1, -0.05) is 0 Å². The van der Waals surface area contributed by atoms with E-state index in [1.54, 1.807) is 4.88 Å². The lowest BCUT2D eigenvalue weighted by Crippen LogP contribution is -2.31. The van der Waals surface area contributed by atoms with Crippen LogP contribution in [0.1, 0.15) is 41.4 Å². The number of rotatable bonds is 4. The molecule has 0 saturated heterocycles. The molecule has 2 aromatic heterocycles. The van der Waals surface area contributed by atoms with Crippen molar-refractivity contribution in [3.8, 4) is 0 Å². The van der Waals surface area contributed by atoms with Crippen LogP contribution in [0.3, 0.4) is 0 Å². The van der Waals surface area contributed by atoms with Gasteiger partial charge in [-0.05, 0) is 42.7 Å². The molecule has 2 aromatic rings. The van der Waals surface area contributed by atoms with Gasteiger partial charge >= 0.3 is 0 Å². The van der Waals surface area contributed by atoms with Gasteiger partial charge in [-0.2, -0.15) is 0 Å². The molecule has 0 fully saturated rings. The molecule has 2 heterocycles. The lowest BCUT2D eigenvalue weighted by molar-refractivity contribution is 0.441. The second-order valence-corrected chi connectivity index (χ2v) is 6.46. The molecule has 0 saturated carbocycles. The molecule has 19 heavy (non-hydrogen) atoms. The summed E-state index contributed by atoms with van der Waals surface area (Å²) in [7, 11) is 2.05. The van der Waals surface area contributed by atoms with Gasteiger partial charge in [-0.15, -0.1) is 11.3 Å². The van der Waals surface area contributed by atoms with Crippen LogP contribution in [-0.2, 0) is 19.9 Å². The maximum atomic E-state index is 6.46. The second-order valence-electron chi connectivity index (χ2n) is 5.45. The van der Waals surface area contributed by atoms with E-state index in [0.29, 0.717) is 5.92 Å². The normalized spacial score (nSPS) is 20.2. The van der Waals surface area contributed by atoms with E-state index in [1.165, 1.54) is 24.8 Å². The zero-order chi connectivity index (χ0) is 13.2. The third-order valence-corrected chi connectivity index (χ3v) is 5.23. The zero-order valence-corrected chi connectivity index (χ0v) is 12.2. The Morgan fingerprint density at radius 1 is 1.58 bits per heavy atom. The highest BCUT2D eigenvalue weighted by Gasteiger charge is 2.26. The first kappa shape index (κ1) is 12.9. The van der Waals surface area contributed by atoms with Crippen molar-refractivity contribution in [3.05, 3.63) is 40.1 Å². The van der Waals surface area contributed by atoms with Crippen molar-refractivity contribution in [1.29, 1.82) is 0 Å². The van der Waals surface area contributed by atoms with E-state index in [-0.39, 0.29) is 6.04 Å². The summed E-state index contributed by atoms with van der Waals surface area (Å²) in [5.41, 5.74) is 7.97.